The number of carbonyl (C=O) groups is 6. The van der Waals surface area contributed by atoms with Crippen molar-refractivity contribution in [3.8, 4) is 0 Å². The lowest BCUT2D eigenvalue weighted by Gasteiger charge is -2.23. The first-order valence-corrected chi connectivity index (χ1v) is 35.9. The van der Waals surface area contributed by atoms with Gasteiger partial charge in [-0.15, -0.1) is 0 Å². The zero-order valence-electron chi connectivity index (χ0n) is 56.9. The Hall–Kier alpha value is -3.34. The minimum Gasteiger partial charge on any atom is -0.465 e. The number of ether oxygens (including phenoxy) is 4. The summed E-state index contributed by atoms with van der Waals surface area (Å²) in [5, 5.41) is 5.93. The van der Waals surface area contributed by atoms with Gasteiger partial charge in [-0.3, -0.25) is 38.6 Å². The molecule has 0 fully saturated rings. The number of amides is 2. The fraction of sp³-hybridized carbons (Fsp3) is 0.914. The number of esters is 4. The maximum absolute atomic E-state index is 13.0. The van der Waals surface area contributed by atoms with E-state index in [4.69, 9.17) is 18.9 Å². The first-order valence-electron chi connectivity index (χ1n) is 35.9. The summed E-state index contributed by atoms with van der Waals surface area (Å²) < 4.78 is 22.3. The number of hydrogen-bond donors (Lipinski definition) is 2. The fourth-order valence-corrected chi connectivity index (χ4v) is 10.5. The van der Waals surface area contributed by atoms with Gasteiger partial charge >= 0.3 is 23.9 Å². The van der Waals surface area contributed by atoms with Gasteiger partial charge in [-0.2, -0.15) is 0 Å². The van der Waals surface area contributed by atoms with Crippen molar-refractivity contribution in [2.75, 3.05) is 119 Å². The molecule has 0 aliphatic carbocycles. The minimum absolute atomic E-state index is 0.0490. The highest BCUT2D eigenvalue weighted by Crippen LogP contribution is 2.15. The lowest BCUT2D eigenvalue weighted by Crippen LogP contribution is -2.42. The van der Waals surface area contributed by atoms with Crippen molar-refractivity contribution >= 4 is 35.7 Å². The highest BCUT2D eigenvalue weighted by Gasteiger charge is 2.19. The molecule has 0 heterocycles. The van der Waals surface area contributed by atoms with Crippen LogP contribution in [-0.2, 0) is 47.7 Å². The summed E-state index contributed by atoms with van der Waals surface area (Å²) in [6.07, 6.45) is 48.5. The Morgan fingerprint density at radius 2 is 0.465 bits per heavy atom. The standard InChI is InChI=1S/C70H136N6O10/c1-7-11-15-19-23-27-31-35-39-43-57-83-67(79)61-75(62-68(80)84-58-44-40-36-32-28-24-20-16-12-8-2)53-49-71-65(77)47-51-73(5)55-56-74(6)52-48-66(78)72-50-54-76(63-69(81)85-59-45-41-37-33-29-25-21-17-13-9-3)64-70(82)86-60-46-42-38-34-30-26-22-18-14-10-4/h7-64H2,1-6H3,(H,71,77)(H,72,78). The van der Waals surface area contributed by atoms with Gasteiger partial charge in [-0.1, -0.05) is 259 Å². The van der Waals surface area contributed by atoms with Crippen LogP contribution in [0.3, 0.4) is 0 Å². The normalized spacial score (nSPS) is 11.5. The Balaban J connectivity index is 4.87. The number of unbranched alkanes of at least 4 members (excludes halogenated alkanes) is 36. The zero-order chi connectivity index (χ0) is 63.0. The van der Waals surface area contributed by atoms with Crippen molar-refractivity contribution in [1.29, 1.82) is 0 Å². The maximum atomic E-state index is 13.0. The van der Waals surface area contributed by atoms with E-state index in [-0.39, 0.29) is 87.8 Å². The second-order valence-corrected chi connectivity index (χ2v) is 24.8. The number of hydrogen-bond acceptors (Lipinski definition) is 14. The third-order valence-electron chi connectivity index (χ3n) is 16.3. The molecule has 0 radical (unpaired) electrons. The first kappa shape index (κ1) is 82.7. The lowest BCUT2D eigenvalue weighted by atomic mass is 10.1. The Morgan fingerprint density at radius 3 is 0.674 bits per heavy atom. The third-order valence-corrected chi connectivity index (χ3v) is 16.3. The Morgan fingerprint density at radius 1 is 0.267 bits per heavy atom. The van der Waals surface area contributed by atoms with Gasteiger partial charge in [-0.25, -0.2) is 0 Å². The summed E-state index contributed by atoms with van der Waals surface area (Å²) in [4.78, 5) is 85.2. The molecular formula is C70H136N6O10. The van der Waals surface area contributed by atoms with E-state index in [9.17, 15) is 28.8 Å². The third kappa shape index (κ3) is 60.9. The van der Waals surface area contributed by atoms with Crippen molar-refractivity contribution in [1.82, 2.24) is 30.2 Å². The molecule has 0 bridgehead atoms. The lowest BCUT2D eigenvalue weighted by molar-refractivity contribution is -0.150. The summed E-state index contributed by atoms with van der Waals surface area (Å²) >= 11 is 0. The van der Waals surface area contributed by atoms with Crippen molar-refractivity contribution in [2.24, 2.45) is 0 Å². The van der Waals surface area contributed by atoms with Crippen LogP contribution in [-0.4, -0.2) is 174 Å². The molecule has 506 valence electrons. The van der Waals surface area contributed by atoms with Crippen molar-refractivity contribution in [3.05, 3.63) is 0 Å². The molecule has 0 aromatic heterocycles. The molecule has 86 heavy (non-hydrogen) atoms. The smallest absolute Gasteiger partial charge is 0.320 e. The van der Waals surface area contributed by atoms with E-state index in [0.29, 0.717) is 65.7 Å². The molecule has 0 spiro atoms. The SMILES string of the molecule is CCCCCCCCCCCCOC(=O)CN(CCNC(=O)CCN(C)CCN(C)CCC(=O)NCCN(CC(=O)OCCCCCCCCCCCC)CC(=O)OCCCCCCCCCCCC)CC(=O)OCCCCCCCCCCCC. The molecular weight excluding hydrogens is 1080 g/mol. The predicted octanol–water partition coefficient (Wildman–Crippen LogP) is 14.3. The number of likely N-dealkylation sites (N-methyl/N-ethyl adjacent to an activating group) is 2. The fourth-order valence-electron chi connectivity index (χ4n) is 10.5. The Kier molecular flexibility index (Phi) is 62.1. The van der Waals surface area contributed by atoms with Crippen LogP contribution >= 0.6 is 0 Å². The first-order chi connectivity index (χ1) is 41.9. The number of nitrogens with one attached hydrogen (secondary N) is 2. The van der Waals surface area contributed by atoms with Gasteiger partial charge < -0.3 is 39.4 Å². The van der Waals surface area contributed by atoms with Gasteiger partial charge in [0.25, 0.3) is 0 Å². The van der Waals surface area contributed by atoms with Gasteiger partial charge in [0.05, 0.1) is 52.6 Å². The summed E-state index contributed by atoms with van der Waals surface area (Å²) in [6, 6.07) is 0. The van der Waals surface area contributed by atoms with E-state index in [1.807, 2.05) is 14.1 Å². The van der Waals surface area contributed by atoms with Crippen molar-refractivity contribution < 1.29 is 47.7 Å². The van der Waals surface area contributed by atoms with E-state index in [0.717, 1.165) is 77.0 Å². The molecule has 16 heteroatoms. The van der Waals surface area contributed by atoms with Crippen LogP contribution < -0.4 is 10.6 Å². The highest BCUT2D eigenvalue weighted by atomic mass is 16.5. The number of rotatable bonds is 67. The summed E-state index contributed by atoms with van der Waals surface area (Å²) in [5.41, 5.74) is 0. The van der Waals surface area contributed by atoms with Crippen LogP contribution in [0.4, 0.5) is 0 Å². The largest absolute Gasteiger partial charge is 0.465 e. The molecule has 0 atom stereocenters. The van der Waals surface area contributed by atoms with Crippen molar-refractivity contribution in [3.63, 3.8) is 0 Å². The van der Waals surface area contributed by atoms with Gasteiger partial charge in [-0.05, 0) is 39.8 Å². The van der Waals surface area contributed by atoms with Gasteiger partial charge in [0.2, 0.25) is 11.8 Å². The van der Waals surface area contributed by atoms with Crippen LogP contribution in [0, 0.1) is 0 Å². The van der Waals surface area contributed by atoms with E-state index in [1.165, 1.54) is 180 Å². The van der Waals surface area contributed by atoms with Crippen LogP contribution in [0.15, 0.2) is 0 Å². The van der Waals surface area contributed by atoms with Crippen LogP contribution in [0.25, 0.3) is 0 Å². The second-order valence-electron chi connectivity index (χ2n) is 24.8. The summed E-state index contributed by atoms with van der Waals surface area (Å²) in [5.74, 6) is -1.74. The molecule has 0 aliphatic heterocycles. The topological polar surface area (TPSA) is 176 Å². The van der Waals surface area contributed by atoms with Crippen LogP contribution in [0.5, 0.6) is 0 Å². The Labute approximate surface area is 527 Å². The minimum atomic E-state index is -0.376. The van der Waals surface area contributed by atoms with Crippen LogP contribution in [0.2, 0.25) is 0 Å². The van der Waals surface area contributed by atoms with E-state index < -0.39 is 0 Å². The quantitative estimate of drug-likeness (QED) is 0.0334. The van der Waals surface area contributed by atoms with Crippen LogP contribution in [0.1, 0.15) is 297 Å². The Bertz CT molecular complexity index is 1380. The van der Waals surface area contributed by atoms with Crippen molar-refractivity contribution in [2.45, 2.75) is 297 Å². The molecule has 0 saturated heterocycles. The molecule has 0 rings (SSSR count). The molecule has 0 aliphatic rings. The number of carbonyl (C=O) groups excluding carboxylic acids is 6. The van der Waals surface area contributed by atoms with E-state index in [2.05, 4.69) is 48.1 Å². The molecule has 0 saturated carbocycles. The highest BCUT2D eigenvalue weighted by molar-refractivity contribution is 5.77. The predicted molar refractivity (Wildman–Crippen MR) is 354 cm³/mol. The second kappa shape index (κ2) is 64.6. The molecule has 0 aromatic carbocycles. The van der Waals surface area contributed by atoms with E-state index in [1.54, 1.807) is 9.80 Å². The maximum Gasteiger partial charge on any atom is 0.320 e. The number of nitrogens with zero attached hydrogens (tertiary/aromatic N) is 4. The molecule has 16 nitrogen and oxygen atoms in total. The van der Waals surface area contributed by atoms with Gasteiger partial charge in [0.1, 0.15) is 0 Å². The molecule has 2 N–H and O–H groups in total. The molecule has 0 aromatic rings. The van der Waals surface area contributed by atoms with Gasteiger partial charge in [0, 0.05) is 65.2 Å². The van der Waals surface area contributed by atoms with E-state index >= 15 is 0 Å². The van der Waals surface area contributed by atoms with Gasteiger partial charge in [0.15, 0.2) is 0 Å². The molecule has 0 unspecified atom stereocenters. The summed E-state index contributed by atoms with van der Waals surface area (Å²) in [6.45, 7) is 13.9. The average molecular weight is 1220 g/mol. The summed E-state index contributed by atoms with van der Waals surface area (Å²) in [7, 11) is 3.93. The monoisotopic (exact) mass is 1220 g/mol. The zero-order valence-corrected chi connectivity index (χ0v) is 56.9. The average Bonchev–Trinajstić information content (AvgIpc) is 3.55. The molecule has 2 amide bonds.